The molecule has 18 heavy (non-hydrogen) atoms. The van der Waals surface area contributed by atoms with Crippen molar-refractivity contribution in [2.75, 3.05) is 0 Å². The molecule has 0 amide bonds. The van der Waals surface area contributed by atoms with Crippen LogP contribution >= 0.6 is 0 Å². The van der Waals surface area contributed by atoms with Gasteiger partial charge >= 0.3 is 5.97 Å². The Balaban J connectivity index is 2.18. The molecule has 2 rings (SSSR count). The minimum Gasteiger partial charge on any atom is -0.505 e. The fourth-order valence-electron chi connectivity index (χ4n) is 1.66. The molecule has 0 saturated carbocycles. The number of rotatable bonds is 3. The van der Waals surface area contributed by atoms with E-state index in [1.165, 1.54) is 24.3 Å². The molecule has 0 bridgehead atoms. The van der Waals surface area contributed by atoms with Gasteiger partial charge in [-0.2, -0.15) is 0 Å². The van der Waals surface area contributed by atoms with Crippen LogP contribution in [0.4, 0.5) is 4.39 Å². The highest BCUT2D eigenvalue weighted by Gasteiger charge is 2.04. The van der Waals surface area contributed by atoms with E-state index in [9.17, 15) is 9.18 Å². The van der Waals surface area contributed by atoms with Crippen molar-refractivity contribution in [1.29, 1.82) is 0 Å². The molecule has 0 fully saturated rings. The maximum Gasteiger partial charge on any atom is 0.335 e. The van der Waals surface area contributed by atoms with Gasteiger partial charge in [-0.25, -0.2) is 9.18 Å². The van der Waals surface area contributed by atoms with Gasteiger partial charge in [0.2, 0.25) is 0 Å². The smallest absolute Gasteiger partial charge is 0.335 e. The molecule has 2 aromatic rings. The number of carbonyl (C=O) groups is 1. The predicted molar refractivity (Wildman–Crippen MR) is 64.3 cm³/mol. The quantitative estimate of drug-likeness (QED) is 0.875. The SMILES string of the molecule is O=C(O)c1ccc(Cc2ccc(O)c(F)c2)cc1. The average molecular weight is 246 g/mol. The Bertz CT molecular complexity index is 576. The number of carboxylic acid groups (broad SMARTS) is 1. The van der Waals surface area contributed by atoms with E-state index in [0.717, 1.165) is 5.56 Å². The van der Waals surface area contributed by atoms with E-state index in [0.29, 0.717) is 12.0 Å². The zero-order chi connectivity index (χ0) is 13.1. The molecule has 0 spiro atoms. The molecule has 4 heteroatoms. The Morgan fingerprint density at radius 1 is 1.06 bits per heavy atom. The van der Waals surface area contributed by atoms with Gasteiger partial charge in [0.05, 0.1) is 5.56 Å². The van der Waals surface area contributed by atoms with Crippen molar-refractivity contribution in [3.63, 3.8) is 0 Å². The zero-order valence-corrected chi connectivity index (χ0v) is 9.43. The van der Waals surface area contributed by atoms with Crippen molar-refractivity contribution in [2.45, 2.75) is 6.42 Å². The van der Waals surface area contributed by atoms with Crippen LogP contribution in [0.3, 0.4) is 0 Å². The molecule has 0 unspecified atom stereocenters. The van der Waals surface area contributed by atoms with E-state index in [4.69, 9.17) is 10.2 Å². The summed E-state index contributed by atoms with van der Waals surface area (Å²) in [5, 5.41) is 17.8. The molecule has 0 radical (unpaired) electrons. The monoisotopic (exact) mass is 246 g/mol. The summed E-state index contributed by atoms with van der Waals surface area (Å²) in [6.07, 6.45) is 0.483. The van der Waals surface area contributed by atoms with E-state index in [2.05, 4.69) is 0 Å². The topological polar surface area (TPSA) is 57.5 Å². The largest absolute Gasteiger partial charge is 0.505 e. The average Bonchev–Trinajstić information content (AvgIpc) is 2.34. The molecule has 0 heterocycles. The summed E-state index contributed by atoms with van der Waals surface area (Å²) in [5.41, 5.74) is 1.81. The highest BCUT2D eigenvalue weighted by molar-refractivity contribution is 5.87. The molecule has 0 aromatic heterocycles. The van der Waals surface area contributed by atoms with Crippen LogP contribution in [0.5, 0.6) is 5.75 Å². The maximum atomic E-state index is 13.1. The van der Waals surface area contributed by atoms with Crippen molar-refractivity contribution < 1.29 is 19.4 Å². The van der Waals surface area contributed by atoms with Crippen LogP contribution in [-0.2, 0) is 6.42 Å². The Hall–Kier alpha value is -2.36. The van der Waals surface area contributed by atoms with Gasteiger partial charge in [-0.05, 0) is 41.8 Å². The Labute approximate surface area is 103 Å². The normalized spacial score (nSPS) is 10.3. The molecule has 2 N–H and O–H groups in total. The minimum atomic E-state index is -0.975. The number of carboxylic acids is 1. The van der Waals surface area contributed by atoms with Gasteiger partial charge in [0.15, 0.2) is 11.6 Å². The van der Waals surface area contributed by atoms with Gasteiger partial charge in [0.1, 0.15) is 0 Å². The van der Waals surface area contributed by atoms with Crippen LogP contribution in [0.15, 0.2) is 42.5 Å². The van der Waals surface area contributed by atoms with Crippen molar-refractivity contribution in [3.05, 3.63) is 65.0 Å². The number of benzene rings is 2. The van der Waals surface area contributed by atoms with Crippen LogP contribution in [0, 0.1) is 5.82 Å². The Morgan fingerprint density at radius 2 is 1.67 bits per heavy atom. The van der Waals surface area contributed by atoms with Gasteiger partial charge in [0.25, 0.3) is 0 Å². The summed E-state index contributed by atoms with van der Waals surface area (Å²) in [5.74, 6) is -2.01. The van der Waals surface area contributed by atoms with Gasteiger partial charge in [-0.15, -0.1) is 0 Å². The number of hydrogen-bond acceptors (Lipinski definition) is 2. The maximum absolute atomic E-state index is 13.1. The summed E-state index contributed by atoms with van der Waals surface area (Å²) < 4.78 is 13.1. The molecular weight excluding hydrogens is 235 g/mol. The van der Waals surface area contributed by atoms with Crippen molar-refractivity contribution in [1.82, 2.24) is 0 Å². The molecule has 0 aliphatic heterocycles. The molecule has 0 aliphatic rings. The van der Waals surface area contributed by atoms with Crippen LogP contribution in [0.1, 0.15) is 21.5 Å². The number of aromatic carboxylic acids is 1. The first-order chi connectivity index (χ1) is 8.56. The molecule has 92 valence electrons. The fourth-order valence-corrected chi connectivity index (χ4v) is 1.66. The molecule has 2 aromatic carbocycles. The minimum absolute atomic E-state index is 0.218. The molecule has 0 saturated heterocycles. The van der Waals surface area contributed by atoms with E-state index >= 15 is 0 Å². The second-order valence-electron chi connectivity index (χ2n) is 3.96. The van der Waals surface area contributed by atoms with Crippen molar-refractivity contribution in [3.8, 4) is 5.75 Å². The second-order valence-corrected chi connectivity index (χ2v) is 3.96. The molecule has 0 atom stereocenters. The standard InChI is InChI=1S/C14H11FO3/c15-12-8-10(3-6-13(12)16)7-9-1-4-11(5-2-9)14(17)18/h1-6,8,16H,7H2,(H,17,18). The number of aromatic hydroxyl groups is 1. The van der Waals surface area contributed by atoms with Gasteiger partial charge < -0.3 is 10.2 Å². The summed E-state index contributed by atoms with van der Waals surface area (Å²) in [6, 6.07) is 10.6. The molecule has 3 nitrogen and oxygen atoms in total. The zero-order valence-electron chi connectivity index (χ0n) is 9.43. The van der Waals surface area contributed by atoms with Gasteiger partial charge in [0, 0.05) is 0 Å². The van der Waals surface area contributed by atoms with Crippen LogP contribution in [-0.4, -0.2) is 16.2 Å². The van der Waals surface area contributed by atoms with E-state index in [1.807, 2.05) is 0 Å². The highest BCUT2D eigenvalue weighted by Crippen LogP contribution is 2.18. The summed E-state index contributed by atoms with van der Waals surface area (Å²) in [6.45, 7) is 0. The lowest BCUT2D eigenvalue weighted by atomic mass is 10.0. The van der Waals surface area contributed by atoms with Crippen LogP contribution < -0.4 is 0 Å². The lowest BCUT2D eigenvalue weighted by Gasteiger charge is -2.04. The first-order valence-corrected chi connectivity index (χ1v) is 5.36. The van der Waals surface area contributed by atoms with E-state index < -0.39 is 11.8 Å². The lowest BCUT2D eigenvalue weighted by Crippen LogP contribution is -1.96. The highest BCUT2D eigenvalue weighted by atomic mass is 19.1. The molecular formula is C14H11FO3. The van der Waals surface area contributed by atoms with Crippen molar-refractivity contribution in [2.24, 2.45) is 0 Å². The number of phenols is 1. The van der Waals surface area contributed by atoms with Gasteiger partial charge in [-0.3, -0.25) is 0 Å². The third-order valence-corrected chi connectivity index (χ3v) is 2.62. The van der Waals surface area contributed by atoms with Crippen LogP contribution in [0.2, 0.25) is 0 Å². The van der Waals surface area contributed by atoms with Gasteiger partial charge in [-0.1, -0.05) is 18.2 Å². The number of halogens is 1. The predicted octanol–water partition coefficient (Wildman–Crippen LogP) is 2.82. The number of phenolic OH excluding ortho intramolecular Hbond substituents is 1. The summed E-state index contributed by atoms with van der Waals surface area (Å²) in [7, 11) is 0. The lowest BCUT2D eigenvalue weighted by molar-refractivity contribution is 0.0697. The Morgan fingerprint density at radius 3 is 2.22 bits per heavy atom. The fraction of sp³-hybridized carbons (Fsp3) is 0.0714. The van der Waals surface area contributed by atoms with E-state index in [-0.39, 0.29) is 11.3 Å². The third kappa shape index (κ3) is 2.66. The van der Waals surface area contributed by atoms with Crippen LogP contribution in [0.25, 0.3) is 0 Å². The van der Waals surface area contributed by atoms with Crippen molar-refractivity contribution >= 4 is 5.97 Å². The second kappa shape index (κ2) is 4.87. The van der Waals surface area contributed by atoms with E-state index in [1.54, 1.807) is 18.2 Å². The number of hydrogen-bond donors (Lipinski definition) is 2. The molecule has 0 aliphatic carbocycles. The summed E-state index contributed by atoms with van der Waals surface area (Å²) in [4.78, 5) is 10.7. The first-order valence-electron chi connectivity index (χ1n) is 5.36. The first kappa shape index (κ1) is 12.1. The third-order valence-electron chi connectivity index (χ3n) is 2.62. The summed E-state index contributed by atoms with van der Waals surface area (Å²) >= 11 is 0. The Kier molecular flexibility index (Phi) is 3.28.